The molecule has 2 heterocycles. The van der Waals surface area contributed by atoms with Gasteiger partial charge in [-0.1, -0.05) is 6.92 Å². The number of hydrogen-bond donors (Lipinski definition) is 0. The van der Waals surface area contributed by atoms with Gasteiger partial charge in [0.05, 0.1) is 18.0 Å². The Morgan fingerprint density at radius 1 is 1.38 bits per heavy atom. The van der Waals surface area contributed by atoms with E-state index in [1.807, 2.05) is 0 Å². The Hall–Kier alpha value is -1.99. The minimum Gasteiger partial charge on any atom is -0.378 e. The van der Waals surface area contributed by atoms with Crippen molar-refractivity contribution >= 4 is 28.6 Å². The average molecular weight is 349 g/mol. The summed E-state index contributed by atoms with van der Waals surface area (Å²) in [5.41, 5.74) is 1.89. The van der Waals surface area contributed by atoms with Gasteiger partial charge in [-0.25, -0.2) is 9.37 Å². The highest BCUT2D eigenvalue weighted by Crippen LogP contribution is 2.34. The van der Waals surface area contributed by atoms with Crippen LogP contribution in [0.15, 0.2) is 23.6 Å². The standard InChI is InChI=1S/C17H20FN3O2S/c1-3-6-20-7-8-21(15-9-12(18)4-5-14(15)20)17(22)13-11-24-16(19-13)10-23-2/h4-5,9,11H,3,6-8,10H2,1-2H3. The first kappa shape index (κ1) is 16.9. The number of thiazole rings is 1. The number of anilines is 2. The lowest BCUT2D eigenvalue weighted by atomic mass is 10.1. The van der Waals surface area contributed by atoms with Crippen LogP contribution in [-0.4, -0.2) is 37.6 Å². The number of nitrogens with zero attached hydrogens (tertiary/aromatic N) is 3. The highest BCUT2D eigenvalue weighted by Gasteiger charge is 2.28. The zero-order valence-electron chi connectivity index (χ0n) is 13.8. The van der Waals surface area contributed by atoms with E-state index in [-0.39, 0.29) is 11.7 Å². The van der Waals surface area contributed by atoms with E-state index in [1.54, 1.807) is 23.5 Å². The first-order valence-electron chi connectivity index (χ1n) is 7.93. The zero-order valence-corrected chi connectivity index (χ0v) is 14.6. The summed E-state index contributed by atoms with van der Waals surface area (Å²) in [4.78, 5) is 21.0. The van der Waals surface area contributed by atoms with Crippen LogP contribution in [0.2, 0.25) is 0 Å². The molecule has 0 saturated carbocycles. The van der Waals surface area contributed by atoms with Gasteiger partial charge in [-0.2, -0.15) is 0 Å². The maximum absolute atomic E-state index is 13.8. The number of hydrogen-bond acceptors (Lipinski definition) is 5. The molecule has 0 radical (unpaired) electrons. The smallest absolute Gasteiger partial charge is 0.277 e. The number of aromatic nitrogens is 1. The van der Waals surface area contributed by atoms with E-state index in [9.17, 15) is 9.18 Å². The molecule has 0 fully saturated rings. The Morgan fingerprint density at radius 3 is 2.96 bits per heavy atom. The highest BCUT2D eigenvalue weighted by atomic mass is 32.1. The first-order chi connectivity index (χ1) is 11.6. The summed E-state index contributed by atoms with van der Waals surface area (Å²) >= 11 is 1.39. The van der Waals surface area contributed by atoms with Gasteiger partial charge in [0, 0.05) is 32.1 Å². The number of ether oxygens (including phenoxy) is 1. The molecule has 0 saturated heterocycles. The van der Waals surface area contributed by atoms with Gasteiger partial charge in [-0.05, 0) is 24.6 Å². The fourth-order valence-electron chi connectivity index (χ4n) is 2.89. The lowest BCUT2D eigenvalue weighted by Crippen LogP contribution is -2.44. The van der Waals surface area contributed by atoms with E-state index in [2.05, 4.69) is 16.8 Å². The van der Waals surface area contributed by atoms with Crippen molar-refractivity contribution in [3.63, 3.8) is 0 Å². The van der Waals surface area contributed by atoms with Gasteiger partial charge in [0.15, 0.2) is 0 Å². The van der Waals surface area contributed by atoms with Gasteiger partial charge >= 0.3 is 0 Å². The average Bonchev–Trinajstić information content (AvgIpc) is 3.03. The van der Waals surface area contributed by atoms with Crippen LogP contribution in [0.5, 0.6) is 0 Å². The van der Waals surface area contributed by atoms with Crippen LogP contribution in [0, 0.1) is 5.82 Å². The third-order valence-electron chi connectivity index (χ3n) is 3.94. The molecule has 0 N–H and O–H groups in total. The second-order valence-corrected chi connectivity index (χ2v) is 6.58. The van der Waals surface area contributed by atoms with E-state index in [0.717, 1.165) is 30.2 Å². The summed E-state index contributed by atoms with van der Waals surface area (Å²) in [6, 6.07) is 4.61. The van der Waals surface area contributed by atoms with Crippen LogP contribution in [0.4, 0.5) is 15.8 Å². The lowest BCUT2D eigenvalue weighted by molar-refractivity contribution is 0.0982. The molecule has 0 unspecified atom stereocenters. The first-order valence-corrected chi connectivity index (χ1v) is 8.81. The number of fused-ring (bicyclic) bond motifs is 1. The quantitative estimate of drug-likeness (QED) is 0.831. The van der Waals surface area contributed by atoms with Crippen molar-refractivity contribution in [2.45, 2.75) is 20.0 Å². The fourth-order valence-corrected chi connectivity index (χ4v) is 3.63. The molecular formula is C17H20FN3O2S. The minimum absolute atomic E-state index is 0.198. The van der Waals surface area contributed by atoms with Crippen LogP contribution in [0.1, 0.15) is 28.8 Å². The molecule has 3 rings (SSSR count). The van der Waals surface area contributed by atoms with Crippen LogP contribution >= 0.6 is 11.3 Å². The Balaban J connectivity index is 1.91. The Kier molecular flexibility index (Phi) is 5.11. The largest absolute Gasteiger partial charge is 0.378 e. The highest BCUT2D eigenvalue weighted by molar-refractivity contribution is 7.09. The molecule has 5 nitrogen and oxygen atoms in total. The summed E-state index contributed by atoms with van der Waals surface area (Å²) in [6.07, 6.45) is 0.997. The molecular weight excluding hydrogens is 329 g/mol. The number of carbonyl (C=O) groups excluding carboxylic acids is 1. The summed E-state index contributed by atoms with van der Waals surface area (Å²) in [7, 11) is 1.59. The predicted molar refractivity (Wildman–Crippen MR) is 93.4 cm³/mol. The second kappa shape index (κ2) is 7.27. The van der Waals surface area contributed by atoms with Crippen LogP contribution in [0.25, 0.3) is 0 Å². The van der Waals surface area contributed by atoms with Gasteiger partial charge in [0.1, 0.15) is 16.5 Å². The van der Waals surface area contributed by atoms with E-state index < -0.39 is 0 Å². The van der Waals surface area contributed by atoms with Crippen molar-refractivity contribution in [1.29, 1.82) is 0 Å². The number of benzene rings is 1. The van der Waals surface area contributed by atoms with Gasteiger partial charge in [0.2, 0.25) is 0 Å². The van der Waals surface area contributed by atoms with Gasteiger partial charge in [-0.3, -0.25) is 4.79 Å². The molecule has 24 heavy (non-hydrogen) atoms. The normalized spacial score (nSPS) is 14.0. The molecule has 7 heteroatoms. The minimum atomic E-state index is -0.344. The van der Waals surface area contributed by atoms with Crippen molar-refractivity contribution in [3.8, 4) is 0 Å². The lowest BCUT2D eigenvalue weighted by Gasteiger charge is -2.37. The third-order valence-corrected chi connectivity index (χ3v) is 4.76. The second-order valence-electron chi connectivity index (χ2n) is 5.64. The Bertz CT molecular complexity index is 734. The molecule has 0 atom stereocenters. The molecule has 0 bridgehead atoms. The molecule has 2 aromatic rings. The summed E-state index contributed by atoms with van der Waals surface area (Å²) in [5.74, 6) is -0.542. The van der Waals surface area contributed by atoms with Crippen molar-refractivity contribution in [3.05, 3.63) is 40.1 Å². The molecule has 0 aliphatic carbocycles. The molecule has 128 valence electrons. The van der Waals surface area contributed by atoms with Crippen molar-refractivity contribution in [1.82, 2.24) is 4.98 Å². The monoisotopic (exact) mass is 349 g/mol. The molecule has 1 amide bonds. The maximum atomic E-state index is 13.8. The number of amides is 1. The van der Waals surface area contributed by atoms with Crippen LogP contribution in [0.3, 0.4) is 0 Å². The van der Waals surface area contributed by atoms with Gasteiger partial charge in [-0.15, -0.1) is 11.3 Å². The molecule has 0 spiro atoms. The van der Waals surface area contributed by atoms with E-state index in [4.69, 9.17) is 4.74 Å². The van der Waals surface area contributed by atoms with Crippen molar-refractivity contribution in [2.75, 3.05) is 36.5 Å². The number of carbonyl (C=O) groups is 1. The SMILES string of the molecule is CCCN1CCN(C(=O)c2csc(COC)n2)c2cc(F)ccc21. The third kappa shape index (κ3) is 3.27. The number of halogens is 1. The van der Waals surface area contributed by atoms with Crippen molar-refractivity contribution < 1.29 is 13.9 Å². The van der Waals surface area contributed by atoms with Crippen LogP contribution in [-0.2, 0) is 11.3 Å². The van der Waals surface area contributed by atoms with E-state index >= 15 is 0 Å². The summed E-state index contributed by atoms with van der Waals surface area (Å²) in [5, 5.41) is 2.48. The summed E-state index contributed by atoms with van der Waals surface area (Å²) in [6.45, 7) is 4.62. The van der Waals surface area contributed by atoms with Crippen molar-refractivity contribution in [2.24, 2.45) is 0 Å². The zero-order chi connectivity index (χ0) is 17.1. The van der Waals surface area contributed by atoms with Gasteiger partial charge < -0.3 is 14.5 Å². The molecule has 1 aliphatic heterocycles. The van der Waals surface area contributed by atoms with Crippen LogP contribution < -0.4 is 9.80 Å². The number of rotatable bonds is 5. The number of methoxy groups -OCH3 is 1. The van der Waals surface area contributed by atoms with Gasteiger partial charge in [0.25, 0.3) is 5.91 Å². The molecule has 1 aliphatic rings. The summed E-state index contributed by atoms with van der Waals surface area (Å²) < 4.78 is 18.8. The Morgan fingerprint density at radius 2 is 2.21 bits per heavy atom. The molecule has 1 aromatic heterocycles. The fraction of sp³-hybridized carbons (Fsp3) is 0.412. The Labute approximate surface area is 144 Å². The maximum Gasteiger partial charge on any atom is 0.277 e. The van der Waals surface area contributed by atoms with E-state index in [0.29, 0.717) is 24.5 Å². The van der Waals surface area contributed by atoms with E-state index in [1.165, 1.54) is 23.5 Å². The molecule has 1 aromatic carbocycles. The topological polar surface area (TPSA) is 45.7 Å². The predicted octanol–water partition coefficient (Wildman–Crippen LogP) is 3.31.